The summed E-state index contributed by atoms with van der Waals surface area (Å²) in [6.07, 6.45) is 4.87. The van der Waals surface area contributed by atoms with E-state index in [-0.39, 0.29) is 0 Å². The molecule has 17 heavy (non-hydrogen) atoms. The van der Waals surface area contributed by atoms with Crippen LogP contribution in [0.3, 0.4) is 0 Å². The van der Waals surface area contributed by atoms with Crippen LogP contribution in [-0.2, 0) is 6.54 Å². The third-order valence-electron chi connectivity index (χ3n) is 2.64. The van der Waals surface area contributed by atoms with Crippen molar-refractivity contribution in [1.29, 1.82) is 0 Å². The lowest BCUT2D eigenvalue weighted by Gasteiger charge is -1.97. The molecule has 2 rings (SSSR count). The molecule has 4 heteroatoms. The maximum Gasteiger partial charge on any atom is 0.204 e. The SMILES string of the molecule is CCCCCCn1nnc(-c2cc[c]cc2)n1. The van der Waals surface area contributed by atoms with Crippen LogP contribution in [0, 0.1) is 6.07 Å². The molecule has 0 aliphatic heterocycles. The number of nitrogens with zero attached hydrogens (tertiary/aromatic N) is 4. The lowest BCUT2D eigenvalue weighted by Crippen LogP contribution is -2.02. The van der Waals surface area contributed by atoms with Gasteiger partial charge in [0.05, 0.1) is 6.54 Å². The highest BCUT2D eigenvalue weighted by atomic mass is 15.6. The number of hydrogen-bond acceptors (Lipinski definition) is 3. The second-order valence-electron chi connectivity index (χ2n) is 4.06. The van der Waals surface area contributed by atoms with Crippen LogP contribution in [0.2, 0.25) is 0 Å². The van der Waals surface area contributed by atoms with Crippen LogP contribution < -0.4 is 0 Å². The molecule has 0 atom stereocenters. The highest BCUT2D eigenvalue weighted by Gasteiger charge is 2.04. The summed E-state index contributed by atoms with van der Waals surface area (Å²) in [5.41, 5.74) is 0.989. The summed E-state index contributed by atoms with van der Waals surface area (Å²) in [4.78, 5) is 1.68. The summed E-state index contributed by atoms with van der Waals surface area (Å²) in [6.45, 7) is 3.06. The van der Waals surface area contributed by atoms with Crippen molar-refractivity contribution in [3.63, 3.8) is 0 Å². The maximum absolute atomic E-state index is 4.36. The molecule has 2 aromatic rings. The number of tetrazole rings is 1. The van der Waals surface area contributed by atoms with Crippen LogP contribution >= 0.6 is 0 Å². The average molecular weight is 229 g/mol. The number of aryl methyl sites for hydroxylation is 1. The van der Waals surface area contributed by atoms with E-state index in [4.69, 9.17) is 0 Å². The smallest absolute Gasteiger partial charge is 0.164 e. The predicted octanol–water partition coefficient (Wildman–Crippen LogP) is 2.72. The lowest BCUT2D eigenvalue weighted by atomic mass is 10.2. The molecule has 0 saturated carbocycles. The van der Waals surface area contributed by atoms with E-state index < -0.39 is 0 Å². The molecule has 4 nitrogen and oxygen atoms in total. The van der Waals surface area contributed by atoms with Crippen LogP contribution in [0.25, 0.3) is 11.4 Å². The Kier molecular flexibility index (Phi) is 4.24. The van der Waals surface area contributed by atoms with Crippen molar-refractivity contribution in [3.8, 4) is 11.4 Å². The van der Waals surface area contributed by atoms with E-state index in [0.29, 0.717) is 5.82 Å². The topological polar surface area (TPSA) is 43.6 Å². The van der Waals surface area contributed by atoms with E-state index in [1.807, 2.05) is 24.3 Å². The Hall–Kier alpha value is -1.71. The second kappa shape index (κ2) is 6.13. The normalized spacial score (nSPS) is 10.6. The highest BCUT2D eigenvalue weighted by Crippen LogP contribution is 2.11. The molecule has 0 unspecified atom stereocenters. The molecule has 1 radical (unpaired) electrons. The molecular weight excluding hydrogens is 212 g/mol. The summed E-state index contributed by atoms with van der Waals surface area (Å²) in [5, 5.41) is 12.5. The second-order valence-corrected chi connectivity index (χ2v) is 4.06. The number of aromatic nitrogens is 4. The van der Waals surface area contributed by atoms with Crippen molar-refractivity contribution in [1.82, 2.24) is 20.2 Å². The van der Waals surface area contributed by atoms with Gasteiger partial charge in [-0.1, -0.05) is 50.5 Å². The van der Waals surface area contributed by atoms with Crippen molar-refractivity contribution in [2.75, 3.05) is 0 Å². The highest BCUT2D eigenvalue weighted by molar-refractivity contribution is 5.52. The van der Waals surface area contributed by atoms with Gasteiger partial charge >= 0.3 is 0 Å². The molecule has 0 bridgehead atoms. The number of hydrogen-bond donors (Lipinski definition) is 0. The third-order valence-corrected chi connectivity index (χ3v) is 2.64. The fraction of sp³-hybridized carbons (Fsp3) is 0.462. The Morgan fingerprint density at radius 2 is 2.00 bits per heavy atom. The van der Waals surface area contributed by atoms with E-state index in [1.165, 1.54) is 19.3 Å². The largest absolute Gasteiger partial charge is 0.204 e. The lowest BCUT2D eigenvalue weighted by molar-refractivity contribution is 0.480. The first kappa shape index (κ1) is 11.8. The summed E-state index contributed by atoms with van der Waals surface area (Å²) in [5.74, 6) is 0.689. The fourth-order valence-electron chi connectivity index (χ4n) is 1.67. The van der Waals surface area contributed by atoms with E-state index in [0.717, 1.165) is 18.5 Å². The van der Waals surface area contributed by atoms with Crippen molar-refractivity contribution in [3.05, 3.63) is 30.3 Å². The van der Waals surface area contributed by atoms with Crippen LogP contribution in [0.5, 0.6) is 0 Å². The molecule has 1 heterocycles. The minimum atomic E-state index is 0.689. The Labute approximate surface area is 102 Å². The van der Waals surface area contributed by atoms with Crippen molar-refractivity contribution < 1.29 is 0 Å². The number of unbranched alkanes of at least 4 members (excludes halogenated alkanes) is 3. The van der Waals surface area contributed by atoms with Crippen molar-refractivity contribution >= 4 is 0 Å². The van der Waals surface area contributed by atoms with E-state index >= 15 is 0 Å². The summed E-state index contributed by atoms with van der Waals surface area (Å²) >= 11 is 0. The summed E-state index contributed by atoms with van der Waals surface area (Å²) in [7, 11) is 0. The van der Waals surface area contributed by atoms with Crippen LogP contribution in [0.4, 0.5) is 0 Å². The molecule has 89 valence electrons. The molecule has 0 aliphatic rings. The van der Waals surface area contributed by atoms with Gasteiger partial charge in [0.25, 0.3) is 0 Å². The average Bonchev–Trinajstić information content (AvgIpc) is 2.85. The Bertz CT molecular complexity index is 436. The van der Waals surface area contributed by atoms with E-state index in [9.17, 15) is 0 Å². The summed E-state index contributed by atoms with van der Waals surface area (Å²) in [6, 6.07) is 10.6. The molecule has 0 amide bonds. The van der Waals surface area contributed by atoms with Crippen molar-refractivity contribution in [2.45, 2.75) is 39.2 Å². The Morgan fingerprint density at radius 1 is 1.18 bits per heavy atom. The molecule has 0 fully saturated rings. The molecule has 1 aromatic heterocycles. The quantitative estimate of drug-likeness (QED) is 0.715. The van der Waals surface area contributed by atoms with E-state index in [1.54, 1.807) is 4.80 Å². The van der Waals surface area contributed by atoms with Gasteiger partial charge in [0.2, 0.25) is 5.82 Å². The third kappa shape index (κ3) is 3.37. The fourth-order valence-corrected chi connectivity index (χ4v) is 1.67. The van der Waals surface area contributed by atoms with Gasteiger partial charge in [0.1, 0.15) is 0 Å². The molecule has 1 aromatic carbocycles. The van der Waals surface area contributed by atoms with Gasteiger partial charge in [0.15, 0.2) is 0 Å². The minimum Gasteiger partial charge on any atom is -0.164 e. The zero-order chi connectivity index (χ0) is 11.9. The zero-order valence-corrected chi connectivity index (χ0v) is 10.1. The van der Waals surface area contributed by atoms with Gasteiger partial charge in [-0.15, -0.1) is 10.2 Å². The number of rotatable bonds is 6. The summed E-state index contributed by atoms with van der Waals surface area (Å²) < 4.78 is 0. The minimum absolute atomic E-state index is 0.689. The molecule has 0 aliphatic carbocycles. The molecule has 0 saturated heterocycles. The first-order chi connectivity index (χ1) is 8.40. The predicted molar refractivity (Wildman–Crippen MR) is 66.2 cm³/mol. The first-order valence-corrected chi connectivity index (χ1v) is 6.14. The number of benzene rings is 1. The van der Waals surface area contributed by atoms with Crippen LogP contribution in [-0.4, -0.2) is 20.2 Å². The van der Waals surface area contributed by atoms with Gasteiger partial charge in [0, 0.05) is 5.56 Å². The Balaban J connectivity index is 1.92. The maximum atomic E-state index is 4.36. The molecular formula is C13H17N4. The standard InChI is InChI=1S/C13H17N4/c1-2-3-4-8-11-17-15-13(14-16-17)12-9-6-5-7-10-12/h6-7,9-10H,2-4,8,11H2,1H3. The molecule has 0 N–H and O–H groups in total. The Morgan fingerprint density at radius 3 is 2.76 bits per heavy atom. The van der Waals surface area contributed by atoms with Gasteiger partial charge < -0.3 is 0 Å². The van der Waals surface area contributed by atoms with Crippen molar-refractivity contribution in [2.24, 2.45) is 0 Å². The van der Waals surface area contributed by atoms with Gasteiger partial charge in [-0.05, 0) is 17.7 Å². The monoisotopic (exact) mass is 229 g/mol. The van der Waals surface area contributed by atoms with Gasteiger partial charge in [-0.25, -0.2) is 0 Å². The molecule has 0 spiro atoms. The van der Waals surface area contributed by atoms with Gasteiger partial charge in [-0.2, -0.15) is 4.80 Å². The van der Waals surface area contributed by atoms with E-state index in [2.05, 4.69) is 28.4 Å². The van der Waals surface area contributed by atoms with Crippen LogP contribution in [0.15, 0.2) is 24.3 Å². The zero-order valence-electron chi connectivity index (χ0n) is 10.1. The van der Waals surface area contributed by atoms with Gasteiger partial charge in [-0.3, -0.25) is 0 Å². The first-order valence-electron chi connectivity index (χ1n) is 6.14. The van der Waals surface area contributed by atoms with Crippen LogP contribution in [0.1, 0.15) is 32.6 Å².